The largest absolute Gasteiger partial charge is 0.505 e. The van der Waals surface area contributed by atoms with Gasteiger partial charge in [0.2, 0.25) is 0 Å². The second-order valence-corrected chi connectivity index (χ2v) is 11.6. The highest BCUT2D eigenvalue weighted by Crippen LogP contribution is 2.42. The summed E-state index contributed by atoms with van der Waals surface area (Å²) in [6.07, 6.45) is -4.82. The van der Waals surface area contributed by atoms with Crippen LogP contribution in [0.1, 0.15) is 54.2 Å². The number of nitrogens with one attached hydrogen (secondary N) is 1. The standard InChI is InChI=1S/C28H34FN3O7.C2HF3O2/c1-28(2,3)18-8-15(9-19(25(18)36)31-7-6-17(12-31)39-14-22(34)35)20(33)13-32-11-16-10-21(37-4)26(38-5)24(29)23(16)27(32)30;3-2(4,5)1(6)7/h8-10,17,30,36H,6-7,11-14H2,1-5H3,(H,34,35);(H,6,7). The minimum absolute atomic E-state index is 0.0560. The van der Waals surface area contributed by atoms with E-state index in [1.54, 1.807) is 18.2 Å². The maximum atomic E-state index is 15.2. The van der Waals surface area contributed by atoms with E-state index in [1.807, 2.05) is 25.7 Å². The summed E-state index contributed by atoms with van der Waals surface area (Å²) in [5.74, 6) is -4.76. The molecule has 1 unspecified atom stereocenters. The van der Waals surface area contributed by atoms with Crippen LogP contribution in [-0.4, -0.2) is 96.5 Å². The van der Waals surface area contributed by atoms with Crippen LogP contribution in [0.4, 0.5) is 23.2 Å². The van der Waals surface area contributed by atoms with Gasteiger partial charge in [-0.1, -0.05) is 20.8 Å². The van der Waals surface area contributed by atoms with Crippen LogP contribution >= 0.6 is 0 Å². The van der Waals surface area contributed by atoms with E-state index in [0.29, 0.717) is 41.9 Å². The third-order valence-corrected chi connectivity index (χ3v) is 7.33. The summed E-state index contributed by atoms with van der Waals surface area (Å²) in [7, 11) is 2.73. The molecule has 0 saturated carbocycles. The lowest BCUT2D eigenvalue weighted by molar-refractivity contribution is -0.192. The first kappa shape index (κ1) is 35.9. The molecule has 252 valence electrons. The highest BCUT2D eigenvalue weighted by atomic mass is 19.4. The molecule has 0 aliphatic carbocycles. The Morgan fingerprint density at radius 1 is 1.07 bits per heavy atom. The number of amidine groups is 1. The molecule has 0 aromatic heterocycles. The summed E-state index contributed by atoms with van der Waals surface area (Å²) in [4.78, 5) is 36.7. The first-order valence-corrected chi connectivity index (χ1v) is 13.9. The number of carboxylic acids is 2. The molecule has 2 aromatic carbocycles. The van der Waals surface area contributed by atoms with Crippen molar-refractivity contribution in [2.24, 2.45) is 0 Å². The van der Waals surface area contributed by atoms with Gasteiger partial charge >= 0.3 is 18.1 Å². The van der Waals surface area contributed by atoms with Crippen LogP contribution in [0, 0.1) is 11.2 Å². The molecule has 12 nitrogen and oxygen atoms in total. The molecule has 4 N–H and O–H groups in total. The number of aromatic hydroxyl groups is 1. The smallest absolute Gasteiger partial charge is 0.490 e. The number of nitrogens with zero attached hydrogens (tertiary/aromatic N) is 2. The Morgan fingerprint density at radius 3 is 2.22 bits per heavy atom. The molecule has 16 heteroatoms. The van der Waals surface area contributed by atoms with Crippen LogP contribution in [0.3, 0.4) is 0 Å². The van der Waals surface area contributed by atoms with Gasteiger partial charge in [-0.3, -0.25) is 10.2 Å². The summed E-state index contributed by atoms with van der Waals surface area (Å²) >= 11 is 0. The fourth-order valence-corrected chi connectivity index (χ4v) is 5.09. The predicted molar refractivity (Wildman–Crippen MR) is 156 cm³/mol. The van der Waals surface area contributed by atoms with Gasteiger partial charge < -0.3 is 39.3 Å². The Morgan fingerprint density at radius 2 is 1.70 bits per heavy atom. The van der Waals surface area contributed by atoms with E-state index in [2.05, 4.69) is 0 Å². The average Bonchev–Trinajstić information content (AvgIpc) is 3.55. The number of fused-ring (bicyclic) bond motifs is 1. The van der Waals surface area contributed by atoms with Crippen LogP contribution in [0.2, 0.25) is 0 Å². The van der Waals surface area contributed by atoms with Gasteiger partial charge in [0.05, 0.1) is 38.1 Å². The molecular weight excluding hydrogens is 622 g/mol. The molecule has 4 rings (SSSR count). The van der Waals surface area contributed by atoms with Crippen molar-refractivity contribution in [3.05, 3.63) is 46.3 Å². The average molecular weight is 658 g/mol. The number of ketones is 1. The van der Waals surface area contributed by atoms with Crippen molar-refractivity contribution in [3.8, 4) is 17.2 Å². The maximum Gasteiger partial charge on any atom is 0.490 e. The van der Waals surface area contributed by atoms with Crippen molar-refractivity contribution in [1.29, 1.82) is 5.41 Å². The monoisotopic (exact) mass is 657 g/mol. The maximum absolute atomic E-state index is 15.2. The van der Waals surface area contributed by atoms with Crippen molar-refractivity contribution in [2.75, 3.05) is 45.4 Å². The van der Waals surface area contributed by atoms with Gasteiger partial charge in [0, 0.05) is 30.8 Å². The second-order valence-electron chi connectivity index (χ2n) is 11.6. The van der Waals surface area contributed by atoms with Gasteiger partial charge in [-0.2, -0.15) is 13.2 Å². The van der Waals surface area contributed by atoms with Crippen molar-refractivity contribution in [1.82, 2.24) is 4.90 Å². The van der Waals surface area contributed by atoms with Crippen molar-refractivity contribution in [3.63, 3.8) is 0 Å². The van der Waals surface area contributed by atoms with E-state index in [9.17, 15) is 27.9 Å². The lowest BCUT2D eigenvalue weighted by Crippen LogP contribution is -2.31. The summed E-state index contributed by atoms with van der Waals surface area (Å²) < 4.78 is 62.7. The molecule has 1 atom stereocenters. The van der Waals surface area contributed by atoms with E-state index in [-0.39, 0.29) is 53.6 Å². The summed E-state index contributed by atoms with van der Waals surface area (Å²) in [5.41, 5.74) is 1.51. The minimum Gasteiger partial charge on any atom is -0.505 e. The first-order chi connectivity index (χ1) is 21.3. The van der Waals surface area contributed by atoms with Gasteiger partial charge in [-0.25, -0.2) is 14.0 Å². The Kier molecular flexibility index (Phi) is 10.8. The zero-order valence-electron chi connectivity index (χ0n) is 25.7. The molecule has 2 heterocycles. The highest BCUT2D eigenvalue weighted by molar-refractivity contribution is 6.06. The Bertz CT molecular complexity index is 1520. The number of methoxy groups -OCH3 is 2. The van der Waals surface area contributed by atoms with Crippen LogP contribution in [0.25, 0.3) is 0 Å². The number of halogens is 4. The normalized spacial score (nSPS) is 16.1. The molecule has 1 saturated heterocycles. The number of hydrogen-bond acceptors (Lipinski definition) is 9. The predicted octanol–water partition coefficient (Wildman–Crippen LogP) is 4.18. The first-order valence-electron chi connectivity index (χ1n) is 13.9. The number of phenols is 1. The van der Waals surface area contributed by atoms with E-state index in [4.69, 9.17) is 34.6 Å². The van der Waals surface area contributed by atoms with Gasteiger partial charge in [-0.05, 0) is 35.6 Å². The van der Waals surface area contributed by atoms with Crippen molar-refractivity contribution < 1.29 is 61.5 Å². The van der Waals surface area contributed by atoms with Crippen LogP contribution < -0.4 is 14.4 Å². The fraction of sp³-hybridized carbons (Fsp3) is 0.467. The van der Waals surface area contributed by atoms with Gasteiger partial charge in [-0.15, -0.1) is 0 Å². The molecular formula is C30H35F4N3O9. The number of aliphatic carboxylic acids is 2. The lowest BCUT2D eigenvalue weighted by Gasteiger charge is -2.27. The number of phenolic OH excluding ortho intramolecular Hbond substituents is 1. The van der Waals surface area contributed by atoms with Crippen molar-refractivity contribution >= 4 is 29.2 Å². The third kappa shape index (κ3) is 7.97. The molecule has 1 fully saturated rings. The number of carbonyl (C=O) groups is 3. The number of carbonyl (C=O) groups excluding carboxylic acids is 1. The molecule has 0 spiro atoms. The van der Waals surface area contributed by atoms with Gasteiger partial charge in [0.15, 0.2) is 23.1 Å². The molecule has 0 radical (unpaired) electrons. The summed E-state index contributed by atoms with van der Waals surface area (Å²) in [6, 6.07) is 4.89. The number of alkyl halides is 3. The molecule has 0 amide bonds. The molecule has 2 aliphatic rings. The van der Waals surface area contributed by atoms with Gasteiger partial charge in [0.1, 0.15) is 18.2 Å². The summed E-state index contributed by atoms with van der Waals surface area (Å²) in [6.45, 7) is 6.26. The third-order valence-electron chi connectivity index (χ3n) is 7.33. The number of Topliss-reactive ketones (excluding diaryl/α,β-unsaturated/α-hetero) is 1. The summed E-state index contributed by atoms with van der Waals surface area (Å²) in [5, 5.41) is 35.8. The zero-order chi connectivity index (χ0) is 34.7. The molecule has 0 bridgehead atoms. The SMILES string of the molecule is COc1cc2c(c(F)c1OC)C(=N)N(CC(=O)c1cc(N3CCC(OCC(=O)O)C3)c(O)c(C(C)(C)C)c1)C2.O=C(O)C(F)(F)F. The number of carboxylic acid groups (broad SMARTS) is 2. The van der Waals surface area contributed by atoms with E-state index >= 15 is 4.39 Å². The van der Waals surface area contributed by atoms with Crippen LogP contribution in [0.15, 0.2) is 18.2 Å². The molecule has 46 heavy (non-hydrogen) atoms. The van der Waals surface area contributed by atoms with Crippen LogP contribution in [-0.2, 0) is 26.3 Å². The lowest BCUT2D eigenvalue weighted by atomic mass is 9.84. The van der Waals surface area contributed by atoms with E-state index in [1.165, 1.54) is 19.1 Å². The topological polar surface area (TPSA) is 170 Å². The zero-order valence-corrected chi connectivity index (χ0v) is 25.7. The number of benzene rings is 2. The second kappa shape index (κ2) is 13.8. The Hall–Kier alpha value is -4.60. The van der Waals surface area contributed by atoms with E-state index in [0.717, 1.165) is 0 Å². The fourth-order valence-electron chi connectivity index (χ4n) is 5.09. The van der Waals surface area contributed by atoms with Crippen molar-refractivity contribution in [2.45, 2.75) is 51.4 Å². The number of rotatable bonds is 9. The Balaban J connectivity index is 0.000000738. The quantitative estimate of drug-likeness (QED) is 0.225. The highest BCUT2D eigenvalue weighted by Gasteiger charge is 2.38. The number of hydrogen-bond donors (Lipinski definition) is 4. The Labute approximate surface area is 261 Å². The number of ether oxygens (including phenoxy) is 3. The molecule has 2 aliphatic heterocycles. The molecule has 2 aromatic rings. The number of anilines is 1. The van der Waals surface area contributed by atoms with Gasteiger partial charge in [0.25, 0.3) is 0 Å². The van der Waals surface area contributed by atoms with Crippen LogP contribution in [0.5, 0.6) is 17.2 Å². The van der Waals surface area contributed by atoms with E-state index < -0.39 is 36.0 Å². The minimum atomic E-state index is -5.08.